The monoisotopic (exact) mass is 576 g/mol. The van der Waals surface area contributed by atoms with Gasteiger partial charge in [-0.05, 0) is 71.3 Å². The molecule has 11 heteroatoms. The van der Waals surface area contributed by atoms with Crippen LogP contribution in [0.4, 0.5) is 15.3 Å². The fourth-order valence-electron chi connectivity index (χ4n) is 6.67. The highest BCUT2D eigenvalue weighted by Crippen LogP contribution is 2.49. The minimum Gasteiger partial charge on any atom is -0.444 e. The van der Waals surface area contributed by atoms with Crippen molar-refractivity contribution in [2.24, 2.45) is 5.92 Å². The number of nitrogens with zero attached hydrogens (tertiary/aromatic N) is 5. The van der Waals surface area contributed by atoms with Crippen LogP contribution in [-0.2, 0) is 11.3 Å². The molecule has 1 unspecified atom stereocenters. The van der Waals surface area contributed by atoms with Gasteiger partial charge in [0.15, 0.2) is 0 Å². The number of urea groups is 1. The van der Waals surface area contributed by atoms with Crippen molar-refractivity contribution in [1.82, 2.24) is 35.2 Å². The van der Waals surface area contributed by atoms with Crippen LogP contribution in [0.2, 0.25) is 0 Å². The number of carbonyl (C=O) groups excluding carboxylic acids is 2. The van der Waals surface area contributed by atoms with Gasteiger partial charge in [-0.25, -0.2) is 9.59 Å². The van der Waals surface area contributed by atoms with Gasteiger partial charge in [0.2, 0.25) is 0 Å². The Morgan fingerprint density at radius 3 is 2.62 bits per heavy atom. The molecule has 1 spiro atoms. The van der Waals surface area contributed by atoms with Gasteiger partial charge in [-0.2, -0.15) is 10.2 Å². The number of ether oxygens (including phenoxy) is 1. The lowest BCUT2D eigenvalue weighted by atomic mass is 9.95. The van der Waals surface area contributed by atoms with Crippen molar-refractivity contribution >= 4 is 28.7 Å². The number of rotatable bonds is 6. The summed E-state index contributed by atoms with van der Waals surface area (Å²) in [6, 6.07) is 1.90. The number of likely N-dealkylation sites (tertiary alicyclic amines) is 1. The van der Waals surface area contributed by atoms with Crippen molar-refractivity contribution < 1.29 is 14.3 Å². The molecule has 3 aromatic rings. The lowest BCUT2D eigenvalue weighted by Crippen LogP contribution is -2.55. The van der Waals surface area contributed by atoms with Crippen LogP contribution in [0, 0.1) is 5.92 Å². The Labute approximate surface area is 247 Å². The van der Waals surface area contributed by atoms with E-state index in [2.05, 4.69) is 34.7 Å². The summed E-state index contributed by atoms with van der Waals surface area (Å²) in [4.78, 5) is 33.1. The number of hydrogen-bond acceptors (Lipinski definition) is 6. The maximum absolute atomic E-state index is 14.0. The summed E-state index contributed by atoms with van der Waals surface area (Å²) in [6.07, 6.45) is 11.0. The van der Waals surface area contributed by atoms with Crippen molar-refractivity contribution in [3.63, 3.8) is 0 Å². The first-order valence-electron chi connectivity index (χ1n) is 15.5. The first-order chi connectivity index (χ1) is 20.0. The molecule has 3 fully saturated rings. The summed E-state index contributed by atoms with van der Waals surface area (Å²) >= 11 is 0. The quantitative estimate of drug-likeness (QED) is 0.321. The second kappa shape index (κ2) is 10.9. The maximum Gasteiger partial charge on any atom is 0.407 e. The molecular weight excluding hydrogens is 532 g/mol. The summed E-state index contributed by atoms with van der Waals surface area (Å²) in [5.41, 5.74) is 3.32. The van der Waals surface area contributed by atoms with E-state index in [-0.39, 0.29) is 17.6 Å². The molecule has 0 radical (unpaired) electrons. The number of alkyl carbamates (subject to hydrolysis) is 1. The molecule has 6 rings (SSSR count). The number of carbonyl (C=O) groups is 2. The van der Waals surface area contributed by atoms with Crippen LogP contribution < -0.4 is 10.6 Å². The maximum atomic E-state index is 14.0. The van der Waals surface area contributed by atoms with Gasteiger partial charge in [-0.15, -0.1) is 0 Å². The molecule has 11 nitrogen and oxygen atoms in total. The van der Waals surface area contributed by atoms with E-state index < -0.39 is 11.7 Å². The second-order valence-electron chi connectivity index (χ2n) is 13.8. The van der Waals surface area contributed by atoms with E-state index in [9.17, 15) is 9.59 Å². The topological polar surface area (TPSA) is 130 Å². The predicted molar refractivity (Wildman–Crippen MR) is 161 cm³/mol. The third-order valence-corrected chi connectivity index (χ3v) is 8.79. The van der Waals surface area contributed by atoms with Crippen LogP contribution >= 0.6 is 0 Å². The fraction of sp³-hybridized carbons (Fsp3) is 0.645. The Balaban J connectivity index is 1.24. The number of anilines is 1. The molecule has 1 aliphatic heterocycles. The number of pyridine rings is 1. The highest BCUT2D eigenvalue weighted by Gasteiger charge is 2.54. The molecule has 1 atom stereocenters. The molecule has 2 saturated carbocycles. The number of amides is 3. The van der Waals surface area contributed by atoms with E-state index in [1.807, 2.05) is 48.8 Å². The zero-order chi connectivity index (χ0) is 29.6. The van der Waals surface area contributed by atoms with E-state index in [1.54, 1.807) is 0 Å². The summed E-state index contributed by atoms with van der Waals surface area (Å²) in [5.74, 6) is 0.785. The van der Waals surface area contributed by atoms with Crippen LogP contribution in [0.1, 0.15) is 97.6 Å². The Bertz CT molecular complexity index is 1460. The van der Waals surface area contributed by atoms with E-state index >= 15 is 0 Å². The lowest BCUT2D eigenvalue weighted by Gasteiger charge is -2.40. The van der Waals surface area contributed by atoms with Gasteiger partial charge in [0.05, 0.1) is 28.8 Å². The number of nitrogens with one attached hydrogen (secondary N) is 3. The Hall–Kier alpha value is -3.63. The Kier molecular flexibility index (Phi) is 7.39. The van der Waals surface area contributed by atoms with E-state index in [0.717, 1.165) is 60.9 Å². The molecule has 3 amide bonds. The fourth-order valence-corrected chi connectivity index (χ4v) is 6.67. The van der Waals surface area contributed by atoms with Crippen LogP contribution in [0.3, 0.4) is 0 Å². The van der Waals surface area contributed by atoms with Gasteiger partial charge in [-0.3, -0.25) is 14.8 Å². The van der Waals surface area contributed by atoms with Crippen molar-refractivity contribution in [3.05, 3.63) is 24.2 Å². The number of aromatic nitrogens is 5. The zero-order valence-corrected chi connectivity index (χ0v) is 25.5. The molecule has 3 aromatic heterocycles. The number of piperidine rings is 1. The van der Waals surface area contributed by atoms with Gasteiger partial charge in [0.25, 0.3) is 0 Å². The number of H-pyrrole nitrogens is 1. The smallest absolute Gasteiger partial charge is 0.407 e. The van der Waals surface area contributed by atoms with E-state index in [0.29, 0.717) is 36.2 Å². The summed E-state index contributed by atoms with van der Waals surface area (Å²) in [7, 11) is 0. The molecule has 3 aliphatic rings. The summed E-state index contributed by atoms with van der Waals surface area (Å²) < 4.78 is 7.49. The average molecular weight is 577 g/mol. The standard InChI is InChI=1S/C31H44N8O3/c1-19(2)18-39-24-14-23(32-16-21(24)17-33-39)26-27(25(36-37-26)20-8-6-7-9-20)35-28(40)38-13-10-22(15-31(38)11-12-31)34-29(41)42-30(3,4)5/h14,16-17,19-20,22H,6-13,15,18H2,1-5H3,(H,34,41)(H,35,40)(H,36,37). The third kappa shape index (κ3) is 5.83. The SMILES string of the molecule is CC(C)Cn1ncc2cnc(-c3n[nH]c(C4CCCC4)c3NC(=O)N3CCC(NC(=O)OC(C)(C)C)CC34CC4)cc21. The largest absolute Gasteiger partial charge is 0.444 e. The molecule has 4 heterocycles. The van der Waals surface area contributed by atoms with Crippen LogP contribution in [-0.4, -0.2) is 65.7 Å². The van der Waals surface area contributed by atoms with Crippen LogP contribution in [0.15, 0.2) is 18.5 Å². The van der Waals surface area contributed by atoms with Crippen molar-refractivity contribution in [2.45, 2.75) is 116 Å². The number of hydrogen-bond donors (Lipinski definition) is 3. The Morgan fingerprint density at radius 2 is 1.93 bits per heavy atom. The molecular formula is C31H44N8O3. The zero-order valence-electron chi connectivity index (χ0n) is 25.5. The average Bonchev–Trinajstić information content (AvgIpc) is 3.29. The first-order valence-corrected chi connectivity index (χ1v) is 15.5. The van der Waals surface area contributed by atoms with E-state index in [1.165, 1.54) is 12.8 Å². The first kappa shape index (κ1) is 28.5. The van der Waals surface area contributed by atoms with E-state index in [4.69, 9.17) is 14.8 Å². The molecule has 0 bridgehead atoms. The normalized spacial score (nSPS) is 20.4. The minimum absolute atomic E-state index is 0.0171. The van der Waals surface area contributed by atoms with Crippen molar-refractivity contribution in [2.75, 3.05) is 11.9 Å². The number of aromatic amines is 1. The highest BCUT2D eigenvalue weighted by atomic mass is 16.6. The highest BCUT2D eigenvalue weighted by molar-refractivity contribution is 5.96. The Morgan fingerprint density at radius 1 is 1.17 bits per heavy atom. The van der Waals surface area contributed by atoms with Gasteiger partial charge in [-0.1, -0.05) is 26.7 Å². The lowest BCUT2D eigenvalue weighted by molar-refractivity contribution is 0.0463. The summed E-state index contributed by atoms with van der Waals surface area (Å²) in [6.45, 7) is 11.3. The van der Waals surface area contributed by atoms with Gasteiger partial charge < -0.3 is 20.3 Å². The van der Waals surface area contributed by atoms with Gasteiger partial charge >= 0.3 is 12.1 Å². The van der Waals surface area contributed by atoms with Crippen molar-refractivity contribution in [3.8, 4) is 11.4 Å². The van der Waals surface area contributed by atoms with Crippen LogP contribution in [0.5, 0.6) is 0 Å². The van der Waals surface area contributed by atoms with Crippen LogP contribution in [0.25, 0.3) is 22.3 Å². The number of fused-ring (bicyclic) bond motifs is 1. The van der Waals surface area contributed by atoms with Gasteiger partial charge in [0, 0.05) is 42.2 Å². The molecule has 1 saturated heterocycles. The van der Waals surface area contributed by atoms with Gasteiger partial charge in [0.1, 0.15) is 11.3 Å². The molecule has 3 N–H and O–H groups in total. The minimum atomic E-state index is -0.547. The molecule has 226 valence electrons. The summed E-state index contributed by atoms with van der Waals surface area (Å²) in [5, 5.41) is 19.9. The molecule has 42 heavy (non-hydrogen) atoms. The molecule has 2 aliphatic carbocycles. The third-order valence-electron chi connectivity index (χ3n) is 8.79. The van der Waals surface area contributed by atoms with Crippen molar-refractivity contribution in [1.29, 1.82) is 0 Å². The molecule has 0 aromatic carbocycles. The predicted octanol–water partition coefficient (Wildman–Crippen LogP) is 6.19. The second-order valence-corrected chi connectivity index (χ2v) is 13.8.